The molecule has 8 heteroatoms. The molecular weight excluding hydrogens is 424 g/mol. The quantitative estimate of drug-likeness (QED) is 0.612. The lowest BCUT2D eigenvalue weighted by Crippen LogP contribution is -2.47. The second-order valence-corrected chi connectivity index (χ2v) is 9.10. The van der Waals surface area contributed by atoms with E-state index >= 15 is 0 Å². The van der Waals surface area contributed by atoms with Crippen LogP contribution in [0.3, 0.4) is 0 Å². The maximum atomic E-state index is 13.5. The Balaban J connectivity index is 1.33. The maximum Gasteiger partial charge on any atom is 0.257 e. The van der Waals surface area contributed by atoms with Crippen LogP contribution < -0.4 is 0 Å². The highest BCUT2D eigenvalue weighted by atomic mass is 32.1. The average molecular weight is 451 g/mol. The highest BCUT2D eigenvalue weighted by Crippen LogP contribution is 2.30. The molecular formula is C24H26N4O3S. The Morgan fingerprint density at radius 3 is 2.38 bits per heavy atom. The number of likely N-dealkylation sites (tertiary alicyclic amines) is 1. The van der Waals surface area contributed by atoms with E-state index in [9.17, 15) is 9.59 Å². The van der Waals surface area contributed by atoms with Crippen LogP contribution in [0.4, 0.5) is 0 Å². The lowest BCUT2D eigenvalue weighted by Gasteiger charge is -2.35. The van der Waals surface area contributed by atoms with Crippen LogP contribution in [0.2, 0.25) is 0 Å². The number of aromatic nitrogens is 2. The van der Waals surface area contributed by atoms with Gasteiger partial charge < -0.3 is 14.5 Å². The summed E-state index contributed by atoms with van der Waals surface area (Å²) in [5.74, 6) is 0.172. The van der Waals surface area contributed by atoms with Crippen molar-refractivity contribution < 1.29 is 14.3 Å². The minimum atomic E-state index is -0.0205. The van der Waals surface area contributed by atoms with E-state index in [4.69, 9.17) is 9.84 Å². The van der Waals surface area contributed by atoms with E-state index in [0.717, 1.165) is 10.6 Å². The van der Waals surface area contributed by atoms with Crippen LogP contribution in [-0.2, 0) is 9.53 Å². The molecule has 2 saturated heterocycles. The van der Waals surface area contributed by atoms with Gasteiger partial charge >= 0.3 is 0 Å². The summed E-state index contributed by atoms with van der Waals surface area (Å²) in [6.45, 7) is 3.72. The van der Waals surface area contributed by atoms with Crippen molar-refractivity contribution in [3.05, 3.63) is 59.6 Å². The lowest BCUT2D eigenvalue weighted by molar-refractivity contribution is -0.141. The van der Waals surface area contributed by atoms with Crippen molar-refractivity contribution in [3.8, 4) is 16.3 Å². The van der Waals surface area contributed by atoms with Crippen molar-refractivity contribution >= 4 is 23.2 Å². The fraction of sp³-hybridized carbons (Fsp3) is 0.375. The van der Waals surface area contributed by atoms with Crippen molar-refractivity contribution in [2.75, 3.05) is 39.4 Å². The molecule has 32 heavy (non-hydrogen) atoms. The van der Waals surface area contributed by atoms with Gasteiger partial charge in [-0.3, -0.25) is 9.59 Å². The molecule has 166 valence electrons. The van der Waals surface area contributed by atoms with E-state index in [1.807, 2.05) is 63.8 Å². The first-order chi connectivity index (χ1) is 15.7. The van der Waals surface area contributed by atoms with Crippen molar-refractivity contribution in [1.29, 1.82) is 0 Å². The molecule has 0 aliphatic carbocycles. The van der Waals surface area contributed by atoms with Gasteiger partial charge in [0.15, 0.2) is 0 Å². The molecule has 2 aliphatic heterocycles. The Bertz CT molecular complexity index is 1070. The number of carbonyl (C=O) groups excluding carboxylic acids is 2. The minimum Gasteiger partial charge on any atom is -0.378 e. The summed E-state index contributed by atoms with van der Waals surface area (Å²) >= 11 is 1.58. The summed E-state index contributed by atoms with van der Waals surface area (Å²) in [5.41, 5.74) is 2.23. The van der Waals surface area contributed by atoms with Crippen LogP contribution in [0.25, 0.3) is 16.3 Å². The van der Waals surface area contributed by atoms with Gasteiger partial charge in [-0.05, 0) is 36.4 Å². The maximum absolute atomic E-state index is 13.5. The number of ether oxygens (including phenoxy) is 1. The van der Waals surface area contributed by atoms with Crippen LogP contribution in [0.5, 0.6) is 0 Å². The van der Waals surface area contributed by atoms with E-state index in [2.05, 4.69) is 0 Å². The number of benzene rings is 1. The molecule has 3 aromatic rings. The number of rotatable bonds is 4. The van der Waals surface area contributed by atoms with E-state index in [1.165, 1.54) is 0 Å². The highest BCUT2D eigenvalue weighted by Gasteiger charge is 2.32. The van der Waals surface area contributed by atoms with E-state index in [0.29, 0.717) is 63.5 Å². The lowest BCUT2D eigenvalue weighted by atomic mass is 9.94. The zero-order valence-corrected chi connectivity index (χ0v) is 18.7. The molecule has 0 spiro atoms. The molecule has 0 N–H and O–H groups in total. The molecule has 7 nitrogen and oxygen atoms in total. The zero-order valence-electron chi connectivity index (χ0n) is 17.9. The first-order valence-corrected chi connectivity index (χ1v) is 11.9. The minimum absolute atomic E-state index is 0.0130. The largest absolute Gasteiger partial charge is 0.378 e. The number of nitrogens with zero attached hydrogens (tertiary/aromatic N) is 4. The summed E-state index contributed by atoms with van der Waals surface area (Å²) in [4.78, 5) is 31.1. The molecule has 5 rings (SSSR count). The Hall–Kier alpha value is -2.97. The number of piperidine rings is 1. The molecule has 2 aromatic heterocycles. The average Bonchev–Trinajstić information content (AvgIpc) is 3.55. The Labute approximate surface area is 191 Å². The molecule has 2 aliphatic rings. The second kappa shape index (κ2) is 9.26. The third-order valence-electron chi connectivity index (χ3n) is 6.17. The van der Waals surface area contributed by atoms with E-state index in [-0.39, 0.29) is 17.7 Å². The van der Waals surface area contributed by atoms with Gasteiger partial charge in [0.05, 0.1) is 29.3 Å². The van der Waals surface area contributed by atoms with Gasteiger partial charge in [0, 0.05) is 38.3 Å². The second-order valence-electron chi connectivity index (χ2n) is 8.15. The van der Waals surface area contributed by atoms with Crippen LogP contribution >= 0.6 is 11.3 Å². The van der Waals surface area contributed by atoms with Crippen LogP contribution in [0, 0.1) is 5.92 Å². The monoisotopic (exact) mass is 450 g/mol. The molecule has 0 atom stereocenters. The standard InChI is InChI=1S/C24H26N4O3S/c29-23(27-12-14-31-15-13-27)18-8-10-26(11-9-18)24(30)20-17-28(19-5-2-1-3-6-19)25-22(20)21-7-4-16-32-21/h1-7,16-18H,8-15H2. The zero-order chi connectivity index (χ0) is 21.9. The third kappa shape index (κ3) is 4.20. The molecule has 4 heterocycles. The number of morpholine rings is 1. The Kier molecular flexibility index (Phi) is 6.05. The summed E-state index contributed by atoms with van der Waals surface area (Å²) < 4.78 is 7.13. The van der Waals surface area contributed by atoms with Gasteiger partial charge in [-0.25, -0.2) is 4.68 Å². The summed E-state index contributed by atoms with van der Waals surface area (Å²) in [5, 5.41) is 6.74. The highest BCUT2D eigenvalue weighted by molar-refractivity contribution is 7.13. The molecule has 1 aromatic carbocycles. The number of hydrogen-bond acceptors (Lipinski definition) is 5. The predicted octanol–water partition coefficient (Wildman–Crippen LogP) is 3.31. The summed E-state index contributed by atoms with van der Waals surface area (Å²) in [6.07, 6.45) is 3.23. The number of carbonyl (C=O) groups is 2. The van der Waals surface area contributed by atoms with Crippen molar-refractivity contribution in [1.82, 2.24) is 19.6 Å². The van der Waals surface area contributed by atoms with Gasteiger partial charge in [-0.2, -0.15) is 5.10 Å². The van der Waals surface area contributed by atoms with E-state index in [1.54, 1.807) is 16.0 Å². The SMILES string of the molecule is O=C(c1cn(-c2ccccc2)nc1-c1cccs1)N1CCC(C(=O)N2CCOCC2)CC1. The number of amides is 2. The number of thiophene rings is 1. The predicted molar refractivity (Wildman–Crippen MR) is 123 cm³/mol. The van der Waals surface area contributed by atoms with Crippen LogP contribution in [0.15, 0.2) is 54.0 Å². The van der Waals surface area contributed by atoms with Crippen LogP contribution in [-0.4, -0.2) is 70.8 Å². The van der Waals surface area contributed by atoms with Crippen molar-refractivity contribution in [2.45, 2.75) is 12.8 Å². The molecule has 0 bridgehead atoms. The summed E-state index contributed by atoms with van der Waals surface area (Å²) in [7, 11) is 0. The van der Waals surface area contributed by atoms with Crippen molar-refractivity contribution in [3.63, 3.8) is 0 Å². The Morgan fingerprint density at radius 2 is 1.69 bits per heavy atom. The van der Waals surface area contributed by atoms with Crippen LogP contribution in [0.1, 0.15) is 23.2 Å². The molecule has 2 fully saturated rings. The fourth-order valence-corrected chi connectivity index (χ4v) is 5.10. The normalized spacial score (nSPS) is 17.5. The molecule has 0 radical (unpaired) electrons. The third-order valence-corrected chi connectivity index (χ3v) is 7.05. The first kappa shape index (κ1) is 20.9. The Morgan fingerprint density at radius 1 is 0.938 bits per heavy atom. The summed E-state index contributed by atoms with van der Waals surface area (Å²) in [6, 6.07) is 13.8. The number of hydrogen-bond donors (Lipinski definition) is 0. The van der Waals surface area contributed by atoms with Gasteiger partial charge in [0.25, 0.3) is 5.91 Å². The van der Waals surface area contributed by atoms with E-state index < -0.39 is 0 Å². The topological polar surface area (TPSA) is 67.7 Å². The van der Waals surface area contributed by atoms with Gasteiger partial charge in [-0.1, -0.05) is 24.3 Å². The first-order valence-electron chi connectivity index (χ1n) is 11.1. The fourth-order valence-electron chi connectivity index (χ4n) is 4.38. The molecule has 0 unspecified atom stereocenters. The van der Waals surface area contributed by atoms with Gasteiger partial charge in [0.2, 0.25) is 5.91 Å². The van der Waals surface area contributed by atoms with Gasteiger partial charge in [0.1, 0.15) is 5.69 Å². The molecule has 2 amide bonds. The smallest absolute Gasteiger partial charge is 0.257 e. The molecule has 0 saturated carbocycles. The number of para-hydroxylation sites is 1. The van der Waals surface area contributed by atoms with Crippen molar-refractivity contribution in [2.24, 2.45) is 5.92 Å². The van der Waals surface area contributed by atoms with Gasteiger partial charge in [-0.15, -0.1) is 11.3 Å².